The monoisotopic (exact) mass is 289 g/mol. The van der Waals surface area contributed by atoms with E-state index in [4.69, 9.17) is 5.11 Å². The van der Waals surface area contributed by atoms with Gasteiger partial charge in [0.15, 0.2) is 0 Å². The first-order valence-corrected chi connectivity index (χ1v) is 6.72. The summed E-state index contributed by atoms with van der Waals surface area (Å²) in [4.78, 5) is 11.0. The highest BCUT2D eigenvalue weighted by Crippen LogP contribution is 2.39. The minimum absolute atomic E-state index is 0.0459. The molecule has 3 atom stereocenters. The van der Waals surface area contributed by atoms with E-state index in [9.17, 15) is 18.0 Å². The van der Waals surface area contributed by atoms with Crippen molar-refractivity contribution in [1.82, 2.24) is 4.57 Å². The molecule has 0 bridgehead atoms. The molecule has 0 aliphatic heterocycles. The Balaban J connectivity index is 2.32. The lowest BCUT2D eigenvalue weighted by Crippen LogP contribution is -2.22. The molecule has 6 heteroatoms. The Morgan fingerprint density at radius 2 is 1.90 bits per heavy atom. The first-order valence-electron chi connectivity index (χ1n) is 6.72. The lowest BCUT2D eigenvalue weighted by Gasteiger charge is -2.33. The van der Waals surface area contributed by atoms with Gasteiger partial charge in [-0.15, -0.1) is 0 Å². The van der Waals surface area contributed by atoms with Gasteiger partial charge in [0.25, 0.3) is 0 Å². The second kappa shape index (κ2) is 5.14. The van der Waals surface area contributed by atoms with Crippen LogP contribution in [0.15, 0.2) is 12.4 Å². The molecule has 0 saturated heterocycles. The van der Waals surface area contributed by atoms with Crippen LogP contribution in [-0.2, 0) is 6.18 Å². The van der Waals surface area contributed by atoms with E-state index in [-0.39, 0.29) is 6.04 Å². The molecule has 1 N–H and O–H groups in total. The third-order valence-corrected chi connectivity index (χ3v) is 4.37. The molecule has 3 unspecified atom stereocenters. The number of rotatable bonds is 2. The van der Waals surface area contributed by atoms with Crippen LogP contribution >= 0.6 is 0 Å². The summed E-state index contributed by atoms with van der Waals surface area (Å²) in [6.45, 7) is 4.23. The third kappa shape index (κ3) is 2.83. The van der Waals surface area contributed by atoms with Crippen molar-refractivity contribution in [2.45, 2.75) is 45.3 Å². The van der Waals surface area contributed by atoms with E-state index in [1.54, 1.807) is 0 Å². The second-order valence-corrected chi connectivity index (χ2v) is 5.76. The van der Waals surface area contributed by atoms with Crippen molar-refractivity contribution in [1.29, 1.82) is 0 Å². The van der Waals surface area contributed by atoms with E-state index in [1.165, 1.54) is 4.57 Å². The molecule has 112 valence electrons. The van der Waals surface area contributed by atoms with Crippen molar-refractivity contribution in [3.63, 3.8) is 0 Å². The number of nitrogens with zero attached hydrogens (tertiary/aromatic N) is 1. The van der Waals surface area contributed by atoms with Crippen molar-refractivity contribution in [3.8, 4) is 0 Å². The summed E-state index contributed by atoms with van der Waals surface area (Å²) in [7, 11) is 0. The lowest BCUT2D eigenvalue weighted by molar-refractivity contribution is -0.138. The Morgan fingerprint density at radius 3 is 2.35 bits per heavy atom. The van der Waals surface area contributed by atoms with Crippen LogP contribution in [0.2, 0.25) is 0 Å². The fourth-order valence-corrected chi connectivity index (χ4v) is 2.87. The average Bonchev–Trinajstić information content (AvgIpc) is 2.77. The SMILES string of the molecule is CC1CCC(n2cc(C(=O)O)c(C(F)(F)F)c2)CC1C. The van der Waals surface area contributed by atoms with Crippen LogP contribution in [-0.4, -0.2) is 15.6 Å². The van der Waals surface area contributed by atoms with E-state index in [2.05, 4.69) is 13.8 Å². The van der Waals surface area contributed by atoms with Crippen molar-refractivity contribution in [2.24, 2.45) is 11.8 Å². The normalized spacial score (nSPS) is 27.6. The van der Waals surface area contributed by atoms with E-state index in [1.807, 2.05) is 0 Å². The fraction of sp³-hybridized carbons (Fsp3) is 0.643. The number of aromatic nitrogens is 1. The standard InChI is InChI=1S/C14H18F3NO2/c1-8-3-4-10(5-9(8)2)18-6-11(13(19)20)12(7-18)14(15,16)17/h6-10H,3-5H2,1-2H3,(H,19,20). The van der Waals surface area contributed by atoms with Gasteiger partial charge in [-0.2, -0.15) is 13.2 Å². The number of carboxylic acids is 1. The molecule has 0 radical (unpaired) electrons. The van der Waals surface area contributed by atoms with Crippen LogP contribution in [0.3, 0.4) is 0 Å². The zero-order valence-corrected chi connectivity index (χ0v) is 11.4. The van der Waals surface area contributed by atoms with Crippen molar-refractivity contribution in [2.75, 3.05) is 0 Å². The Kier molecular flexibility index (Phi) is 3.84. The number of carboxylic acid groups (broad SMARTS) is 1. The molecule has 20 heavy (non-hydrogen) atoms. The fourth-order valence-electron chi connectivity index (χ4n) is 2.87. The summed E-state index contributed by atoms with van der Waals surface area (Å²) in [6, 6.07) is -0.0459. The predicted octanol–water partition coefficient (Wildman–Crippen LogP) is 4.20. The van der Waals surface area contributed by atoms with Crippen LogP contribution < -0.4 is 0 Å². The number of hydrogen-bond acceptors (Lipinski definition) is 1. The summed E-state index contributed by atoms with van der Waals surface area (Å²) in [5.41, 5.74) is -1.72. The van der Waals surface area contributed by atoms with E-state index in [0.717, 1.165) is 31.7 Å². The van der Waals surface area contributed by atoms with Gasteiger partial charge in [0.1, 0.15) is 0 Å². The first kappa shape index (κ1) is 14.9. The molecule has 0 amide bonds. The summed E-state index contributed by atoms with van der Waals surface area (Å²) in [5.74, 6) is -0.546. The zero-order valence-electron chi connectivity index (χ0n) is 11.4. The molecular formula is C14H18F3NO2. The molecule has 1 aliphatic carbocycles. The summed E-state index contributed by atoms with van der Waals surface area (Å²) in [5, 5.41) is 8.92. The van der Waals surface area contributed by atoms with Gasteiger partial charge < -0.3 is 9.67 Å². The number of carbonyl (C=O) groups is 1. The van der Waals surface area contributed by atoms with E-state index in [0.29, 0.717) is 11.8 Å². The molecule has 1 aromatic heterocycles. The molecular weight excluding hydrogens is 271 g/mol. The molecule has 1 fully saturated rings. The topological polar surface area (TPSA) is 42.2 Å². The molecule has 0 aromatic carbocycles. The first-order chi connectivity index (χ1) is 9.20. The van der Waals surface area contributed by atoms with Crippen LogP contribution in [0, 0.1) is 11.8 Å². The van der Waals surface area contributed by atoms with Gasteiger partial charge in [-0.1, -0.05) is 13.8 Å². The molecule has 1 aliphatic rings. The van der Waals surface area contributed by atoms with E-state index >= 15 is 0 Å². The lowest BCUT2D eigenvalue weighted by atomic mass is 9.79. The minimum atomic E-state index is -4.63. The largest absolute Gasteiger partial charge is 0.478 e. The molecule has 3 nitrogen and oxygen atoms in total. The smallest absolute Gasteiger partial charge is 0.418 e. The maximum atomic E-state index is 12.9. The Hall–Kier alpha value is -1.46. The molecule has 0 spiro atoms. The summed E-state index contributed by atoms with van der Waals surface area (Å²) in [6.07, 6.45) is -0.0432. The Bertz CT molecular complexity index is 507. The number of alkyl halides is 3. The summed E-state index contributed by atoms with van der Waals surface area (Å²) >= 11 is 0. The van der Waals surface area contributed by atoms with Gasteiger partial charge in [-0.25, -0.2) is 4.79 Å². The summed E-state index contributed by atoms with van der Waals surface area (Å²) < 4.78 is 40.0. The Morgan fingerprint density at radius 1 is 1.25 bits per heavy atom. The van der Waals surface area contributed by atoms with Gasteiger partial charge in [-0.3, -0.25) is 0 Å². The quantitative estimate of drug-likeness (QED) is 0.886. The van der Waals surface area contributed by atoms with Crippen LogP contribution in [0.1, 0.15) is 55.1 Å². The van der Waals surface area contributed by atoms with Gasteiger partial charge in [0.05, 0.1) is 11.1 Å². The predicted molar refractivity (Wildman–Crippen MR) is 67.6 cm³/mol. The van der Waals surface area contributed by atoms with Gasteiger partial charge in [0.2, 0.25) is 0 Å². The Labute approximate surface area is 115 Å². The van der Waals surface area contributed by atoms with Gasteiger partial charge in [-0.05, 0) is 31.1 Å². The average molecular weight is 289 g/mol. The van der Waals surface area contributed by atoms with Crippen LogP contribution in [0.4, 0.5) is 13.2 Å². The van der Waals surface area contributed by atoms with E-state index < -0.39 is 23.3 Å². The zero-order chi connectivity index (χ0) is 15.1. The highest BCUT2D eigenvalue weighted by Gasteiger charge is 2.38. The molecule has 1 saturated carbocycles. The maximum absolute atomic E-state index is 12.9. The molecule has 2 rings (SSSR count). The number of aromatic carboxylic acids is 1. The second-order valence-electron chi connectivity index (χ2n) is 5.76. The van der Waals surface area contributed by atoms with Crippen molar-refractivity contribution >= 4 is 5.97 Å². The molecule has 1 heterocycles. The van der Waals surface area contributed by atoms with Crippen molar-refractivity contribution < 1.29 is 23.1 Å². The van der Waals surface area contributed by atoms with Gasteiger partial charge in [0, 0.05) is 18.4 Å². The minimum Gasteiger partial charge on any atom is -0.478 e. The maximum Gasteiger partial charge on any atom is 0.418 e. The highest BCUT2D eigenvalue weighted by molar-refractivity contribution is 5.89. The van der Waals surface area contributed by atoms with Crippen LogP contribution in [0.5, 0.6) is 0 Å². The van der Waals surface area contributed by atoms with Crippen LogP contribution in [0.25, 0.3) is 0 Å². The third-order valence-electron chi connectivity index (χ3n) is 4.37. The number of hydrogen-bond donors (Lipinski definition) is 1. The highest BCUT2D eigenvalue weighted by atomic mass is 19.4. The van der Waals surface area contributed by atoms with Gasteiger partial charge >= 0.3 is 12.1 Å². The van der Waals surface area contributed by atoms with Crippen molar-refractivity contribution in [3.05, 3.63) is 23.5 Å². The number of halogens is 3. The molecule has 1 aromatic rings.